The monoisotopic (exact) mass is 366 g/mol. The number of nitrogens with zero attached hydrogens (tertiary/aromatic N) is 1. The number of hydrogen-bond donors (Lipinski definition) is 1. The molecule has 2 aromatic rings. The highest BCUT2D eigenvalue weighted by molar-refractivity contribution is 5.98. The lowest BCUT2D eigenvalue weighted by Gasteiger charge is -2.24. The Labute approximate surface area is 158 Å². The van der Waals surface area contributed by atoms with Crippen molar-refractivity contribution in [3.8, 4) is 11.5 Å². The first-order chi connectivity index (χ1) is 13.2. The minimum Gasteiger partial charge on any atom is -0.454 e. The van der Waals surface area contributed by atoms with Crippen LogP contribution in [0.5, 0.6) is 11.5 Å². The van der Waals surface area contributed by atoms with Crippen molar-refractivity contribution in [2.24, 2.45) is 0 Å². The summed E-state index contributed by atoms with van der Waals surface area (Å²) in [6.45, 7) is 1.67. The number of carbonyl (C=O) groups excluding carboxylic acids is 2. The molecule has 2 aliphatic heterocycles. The number of amides is 2. The molecule has 0 spiro atoms. The van der Waals surface area contributed by atoms with Gasteiger partial charge in [0.2, 0.25) is 12.7 Å². The Hall–Kier alpha value is -3.02. The van der Waals surface area contributed by atoms with Gasteiger partial charge in [0.1, 0.15) is 6.04 Å². The second-order valence-corrected chi connectivity index (χ2v) is 6.82. The molecule has 1 fully saturated rings. The maximum Gasteiger partial charge on any atom is 0.252 e. The van der Waals surface area contributed by atoms with Gasteiger partial charge in [-0.15, -0.1) is 0 Å². The van der Waals surface area contributed by atoms with Crippen molar-refractivity contribution < 1.29 is 19.1 Å². The van der Waals surface area contributed by atoms with Crippen LogP contribution < -0.4 is 14.8 Å². The third-order valence-corrected chi connectivity index (χ3v) is 4.94. The molecule has 2 aliphatic rings. The topological polar surface area (TPSA) is 67.9 Å². The molecule has 0 bridgehead atoms. The van der Waals surface area contributed by atoms with E-state index < -0.39 is 6.04 Å². The molecule has 0 unspecified atom stereocenters. The van der Waals surface area contributed by atoms with E-state index in [9.17, 15) is 9.59 Å². The van der Waals surface area contributed by atoms with Crippen molar-refractivity contribution in [1.82, 2.24) is 10.2 Å². The first kappa shape index (κ1) is 17.4. The average Bonchev–Trinajstić information content (AvgIpc) is 3.38. The second-order valence-electron chi connectivity index (χ2n) is 6.82. The molecular formula is C21H22N2O4. The highest BCUT2D eigenvalue weighted by Gasteiger charge is 2.28. The number of carbonyl (C=O) groups is 2. The zero-order valence-corrected chi connectivity index (χ0v) is 15.0. The Balaban J connectivity index is 1.52. The third kappa shape index (κ3) is 3.89. The van der Waals surface area contributed by atoms with Crippen LogP contribution in [-0.2, 0) is 11.2 Å². The molecule has 27 heavy (non-hydrogen) atoms. The number of rotatable bonds is 5. The fourth-order valence-electron chi connectivity index (χ4n) is 3.49. The Morgan fingerprint density at radius 3 is 2.52 bits per heavy atom. The van der Waals surface area contributed by atoms with Crippen LogP contribution in [0.3, 0.4) is 0 Å². The molecule has 2 amide bonds. The predicted molar refractivity (Wildman–Crippen MR) is 99.8 cm³/mol. The van der Waals surface area contributed by atoms with E-state index in [4.69, 9.17) is 9.47 Å². The molecule has 1 N–H and O–H groups in total. The Kier molecular flexibility index (Phi) is 4.96. The summed E-state index contributed by atoms with van der Waals surface area (Å²) in [4.78, 5) is 27.6. The SMILES string of the molecule is O=C(N[C@H](Cc1ccccc1)C(=O)N1CCCC1)c1ccc2c(c1)OCO2. The van der Waals surface area contributed by atoms with E-state index in [0.29, 0.717) is 23.5 Å². The van der Waals surface area contributed by atoms with Crippen LogP contribution in [-0.4, -0.2) is 42.6 Å². The fraction of sp³-hybridized carbons (Fsp3) is 0.333. The number of ether oxygens (including phenoxy) is 2. The lowest BCUT2D eigenvalue weighted by molar-refractivity contribution is -0.132. The fourth-order valence-corrected chi connectivity index (χ4v) is 3.49. The van der Waals surface area contributed by atoms with Crippen LogP contribution in [0.25, 0.3) is 0 Å². The van der Waals surface area contributed by atoms with Gasteiger partial charge in [-0.25, -0.2) is 0 Å². The summed E-state index contributed by atoms with van der Waals surface area (Å²) in [6, 6.07) is 14.2. The number of nitrogens with one attached hydrogen (secondary N) is 1. The van der Waals surface area contributed by atoms with Crippen LogP contribution in [0.15, 0.2) is 48.5 Å². The van der Waals surface area contributed by atoms with Gasteiger partial charge in [-0.05, 0) is 36.6 Å². The molecule has 0 saturated carbocycles. The second kappa shape index (κ2) is 7.70. The molecule has 140 valence electrons. The van der Waals surface area contributed by atoms with Gasteiger partial charge < -0.3 is 19.7 Å². The maximum atomic E-state index is 13.0. The van der Waals surface area contributed by atoms with E-state index in [1.165, 1.54) is 0 Å². The van der Waals surface area contributed by atoms with Crippen molar-refractivity contribution in [2.75, 3.05) is 19.9 Å². The van der Waals surface area contributed by atoms with Gasteiger partial charge in [-0.3, -0.25) is 9.59 Å². The predicted octanol–water partition coefficient (Wildman–Crippen LogP) is 2.38. The van der Waals surface area contributed by atoms with E-state index in [1.807, 2.05) is 35.2 Å². The van der Waals surface area contributed by atoms with E-state index in [2.05, 4.69) is 5.32 Å². The summed E-state index contributed by atoms with van der Waals surface area (Å²) in [7, 11) is 0. The number of likely N-dealkylation sites (tertiary alicyclic amines) is 1. The summed E-state index contributed by atoms with van der Waals surface area (Å²) in [5.41, 5.74) is 1.47. The standard InChI is InChI=1S/C21H22N2O4/c24-20(16-8-9-18-19(13-16)27-14-26-18)22-17(12-15-6-2-1-3-7-15)21(25)23-10-4-5-11-23/h1-3,6-9,13,17H,4-5,10-12,14H2,(H,22,24)/t17-/m1/s1. The van der Waals surface area contributed by atoms with Crippen LogP contribution in [0, 0.1) is 0 Å². The number of fused-ring (bicyclic) bond motifs is 1. The third-order valence-electron chi connectivity index (χ3n) is 4.94. The molecule has 6 nitrogen and oxygen atoms in total. The molecule has 0 aromatic heterocycles. The first-order valence-electron chi connectivity index (χ1n) is 9.24. The minimum atomic E-state index is -0.594. The Morgan fingerprint density at radius 2 is 1.74 bits per heavy atom. The molecule has 4 rings (SSSR count). The molecule has 0 radical (unpaired) electrons. The summed E-state index contributed by atoms with van der Waals surface area (Å²) in [5.74, 6) is 0.862. The summed E-state index contributed by atoms with van der Waals surface area (Å²) < 4.78 is 10.6. The van der Waals surface area contributed by atoms with Crippen LogP contribution >= 0.6 is 0 Å². The van der Waals surface area contributed by atoms with Gasteiger partial charge in [0.25, 0.3) is 5.91 Å². The van der Waals surface area contributed by atoms with Gasteiger partial charge in [0, 0.05) is 25.1 Å². The maximum absolute atomic E-state index is 13.0. The quantitative estimate of drug-likeness (QED) is 0.882. The molecule has 6 heteroatoms. The summed E-state index contributed by atoms with van der Waals surface area (Å²) >= 11 is 0. The Bertz CT molecular complexity index is 831. The van der Waals surface area contributed by atoms with Gasteiger partial charge in [-0.1, -0.05) is 30.3 Å². The first-order valence-corrected chi connectivity index (χ1v) is 9.24. The van der Waals surface area contributed by atoms with Gasteiger partial charge in [0.05, 0.1) is 0 Å². The van der Waals surface area contributed by atoms with E-state index in [0.717, 1.165) is 31.5 Å². The van der Waals surface area contributed by atoms with Crippen molar-refractivity contribution in [2.45, 2.75) is 25.3 Å². The van der Waals surface area contributed by atoms with Gasteiger partial charge >= 0.3 is 0 Å². The normalized spacial score (nSPS) is 16.2. The molecule has 2 heterocycles. The highest BCUT2D eigenvalue weighted by Crippen LogP contribution is 2.32. The molecular weight excluding hydrogens is 344 g/mol. The zero-order valence-electron chi connectivity index (χ0n) is 15.0. The van der Waals surface area contributed by atoms with Crippen LogP contribution in [0.1, 0.15) is 28.8 Å². The van der Waals surface area contributed by atoms with Crippen molar-refractivity contribution in [3.05, 3.63) is 59.7 Å². The largest absolute Gasteiger partial charge is 0.454 e. The Morgan fingerprint density at radius 1 is 1.00 bits per heavy atom. The number of hydrogen-bond acceptors (Lipinski definition) is 4. The average molecular weight is 366 g/mol. The lowest BCUT2D eigenvalue weighted by atomic mass is 10.0. The van der Waals surface area contributed by atoms with Crippen LogP contribution in [0.4, 0.5) is 0 Å². The summed E-state index contributed by atoms with van der Waals surface area (Å²) in [5, 5.41) is 2.92. The van der Waals surface area contributed by atoms with E-state index >= 15 is 0 Å². The van der Waals surface area contributed by atoms with E-state index in [-0.39, 0.29) is 18.6 Å². The molecule has 1 atom stereocenters. The van der Waals surface area contributed by atoms with Crippen molar-refractivity contribution in [3.63, 3.8) is 0 Å². The molecule has 0 aliphatic carbocycles. The lowest BCUT2D eigenvalue weighted by Crippen LogP contribution is -2.49. The summed E-state index contributed by atoms with van der Waals surface area (Å²) in [6.07, 6.45) is 2.49. The molecule has 2 aromatic carbocycles. The number of benzene rings is 2. The van der Waals surface area contributed by atoms with Gasteiger partial charge in [-0.2, -0.15) is 0 Å². The molecule has 1 saturated heterocycles. The smallest absolute Gasteiger partial charge is 0.252 e. The van der Waals surface area contributed by atoms with E-state index in [1.54, 1.807) is 18.2 Å². The van der Waals surface area contributed by atoms with Gasteiger partial charge in [0.15, 0.2) is 11.5 Å². The van der Waals surface area contributed by atoms with Crippen LogP contribution in [0.2, 0.25) is 0 Å². The zero-order chi connectivity index (χ0) is 18.6. The van der Waals surface area contributed by atoms with Crippen molar-refractivity contribution in [1.29, 1.82) is 0 Å². The highest BCUT2D eigenvalue weighted by atomic mass is 16.7. The minimum absolute atomic E-state index is 0.0227. The van der Waals surface area contributed by atoms with Crippen molar-refractivity contribution >= 4 is 11.8 Å².